The Kier molecular flexibility index (Phi) is 1.51. The quantitative estimate of drug-likeness (QED) is 0.641. The van der Waals surface area contributed by atoms with E-state index in [4.69, 9.17) is 4.42 Å². The molecule has 1 heterocycles. The summed E-state index contributed by atoms with van der Waals surface area (Å²) in [5.74, 6) is 0.699. The van der Waals surface area contributed by atoms with Gasteiger partial charge in [-0.25, -0.2) is 4.79 Å². The molecule has 0 unspecified atom stereocenters. The van der Waals surface area contributed by atoms with Gasteiger partial charge in [-0.3, -0.25) is 0 Å². The number of hydrogen-bond acceptors (Lipinski definition) is 2. The van der Waals surface area contributed by atoms with Gasteiger partial charge in [-0.05, 0) is 36.5 Å². The number of fused-ring (bicyclic) bond motifs is 1. The lowest BCUT2D eigenvalue weighted by molar-refractivity contribution is 0.560. The van der Waals surface area contributed by atoms with Gasteiger partial charge in [-0.1, -0.05) is 12.1 Å². The van der Waals surface area contributed by atoms with E-state index in [9.17, 15) is 4.79 Å². The summed E-state index contributed by atoms with van der Waals surface area (Å²) >= 11 is 0. The monoisotopic (exact) mass is 186 g/mol. The lowest BCUT2D eigenvalue weighted by Crippen LogP contribution is -1.94. The molecule has 1 fully saturated rings. The van der Waals surface area contributed by atoms with Gasteiger partial charge in [0.2, 0.25) is 0 Å². The van der Waals surface area contributed by atoms with Crippen molar-refractivity contribution in [3.05, 3.63) is 46.3 Å². The number of benzene rings is 1. The second-order valence-corrected chi connectivity index (χ2v) is 3.83. The van der Waals surface area contributed by atoms with Crippen LogP contribution in [-0.4, -0.2) is 0 Å². The minimum absolute atomic E-state index is 0.273. The highest BCUT2D eigenvalue weighted by molar-refractivity contribution is 5.77. The number of rotatable bonds is 1. The first-order valence-corrected chi connectivity index (χ1v) is 4.87. The molecule has 0 bridgehead atoms. The van der Waals surface area contributed by atoms with Crippen LogP contribution in [0.4, 0.5) is 0 Å². The van der Waals surface area contributed by atoms with Crippen molar-refractivity contribution in [2.75, 3.05) is 0 Å². The second-order valence-electron chi connectivity index (χ2n) is 3.83. The zero-order valence-corrected chi connectivity index (χ0v) is 7.69. The van der Waals surface area contributed by atoms with E-state index in [0.717, 1.165) is 5.39 Å². The summed E-state index contributed by atoms with van der Waals surface area (Å²) in [6, 6.07) is 9.40. The van der Waals surface area contributed by atoms with Gasteiger partial charge in [-0.2, -0.15) is 0 Å². The van der Waals surface area contributed by atoms with Crippen LogP contribution in [0.3, 0.4) is 0 Å². The first-order chi connectivity index (χ1) is 6.83. The Morgan fingerprint density at radius 3 is 2.71 bits per heavy atom. The molecule has 0 aliphatic heterocycles. The summed E-state index contributed by atoms with van der Waals surface area (Å²) in [5, 5.41) is 0.994. The number of hydrogen-bond donors (Lipinski definition) is 0. The summed E-state index contributed by atoms with van der Waals surface area (Å²) in [6.45, 7) is 0. The van der Waals surface area contributed by atoms with Crippen molar-refractivity contribution in [2.45, 2.75) is 18.8 Å². The lowest BCUT2D eigenvalue weighted by Gasteiger charge is -1.99. The molecule has 1 saturated carbocycles. The normalized spacial score (nSPS) is 16.0. The van der Waals surface area contributed by atoms with Gasteiger partial charge in [-0.15, -0.1) is 0 Å². The molecule has 0 saturated heterocycles. The molecule has 0 radical (unpaired) electrons. The minimum atomic E-state index is -0.273. The van der Waals surface area contributed by atoms with Gasteiger partial charge in [0, 0.05) is 11.5 Å². The first kappa shape index (κ1) is 7.80. The third-order valence-electron chi connectivity index (χ3n) is 2.70. The van der Waals surface area contributed by atoms with E-state index >= 15 is 0 Å². The van der Waals surface area contributed by atoms with Crippen molar-refractivity contribution < 1.29 is 4.42 Å². The van der Waals surface area contributed by atoms with Crippen molar-refractivity contribution in [2.24, 2.45) is 0 Å². The smallest absolute Gasteiger partial charge is 0.336 e. The molecule has 14 heavy (non-hydrogen) atoms. The molecule has 1 aliphatic carbocycles. The third-order valence-corrected chi connectivity index (χ3v) is 2.70. The van der Waals surface area contributed by atoms with Crippen LogP contribution < -0.4 is 5.63 Å². The van der Waals surface area contributed by atoms with E-state index in [-0.39, 0.29) is 5.63 Å². The van der Waals surface area contributed by atoms with E-state index in [1.54, 1.807) is 6.07 Å². The average molecular weight is 186 g/mol. The maximum atomic E-state index is 11.0. The fourth-order valence-corrected chi connectivity index (χ4v) is 1.75. The molecule has 0 amide bonds. The zero-order valence-electron chi connectivity index (χ0n) is 7.69. The average Bonchev–Trinajstić information content (AvgIpc) is 3.00. The Morgan fingerprint density at radius 1 is 1.14 bits per heavy atom. The molecule has 1 aromatic heterocycles. The van der Waals surface area contributed by atoms with Crippen molar-refractivity contribution >= 4 is 11.0 Å². The highest BCUT2D eigenvalue weighted by Crippen LogP contribution is 2.40. The Morgan fingerprint density at radius 2 is 1.93 bits per heavy atom. The van der Waals surface area contributed by atoms with E-state index < -0.39 is 0 Å². The molecule has 70 valence electrons. The predicted molar refractivity (Wildman–Crippen MR) is 54.5 cm³/mol. The largest absolute Gasteiger partial charge is 0.423 e. The maximum absolute atomic E-state index is 11.0. The van der Waals surface area contributed by atoms with Gasteiger partial charge in [0.05, 0.1) is 0 Å². The highest BCUT2D eigenvalue weighted by atomic mass is 16.4. The molecular weight excluding hydrogens is 176 g/mol. The summed E-state index contributed by atoms with van der Waals surface area (Å²) in [7, 11) is 0. The van der Waals surface area contributed by atoms with Crippen LogP contribution in [0.1, 0.15) is 24.3 Å². The Labute approximate surface area is 81.2 Å². The molecule has 0 atom stereocenters. The molecule has 1 aromatic carbocycles. The van der Waals surface area contributed by atoms with Crippen LogP contribution in [0.2, 0.25) is 0 Å². The fourth-order valence-electron chi connectivity index (χ4n) is 1.75. The third kappa shape index (κ3) is 1.23. The van der Waals surface area contributed by atoms with E-state index in [1.807, 2.05) is 12.1 Å². The highest BCUT2D eigenvalue weighted by Gasteiger charge is 2.23. The molecule has 3 rings (SSSR count). The second kappa shape index (κ2) is 2.71. The van der Waals surface area contributed by atoms with Crippen LogP contribution in [0.25, 0.3) is 11.0 Å². The maximum Gasteiger partial charge on any atom is 0.336 e. The summed E-state index contributed by atoms with van der Waals surface area (Å²) in [4.78, 5) is 11.0. The molecular formula is C12H10O2. The molecule has 2 aromatic rings. The van der Waals surface area contributed by atoms with Gasteiger partial charge < -0.3 is 4.42 Å². The van der Waals surface area contributed by atoms with Gasteiger partial charge in [0.15, 0.2) is 0 Å². The Bertz CT molecular complexity index is 535. The van der Waals surface area contributed by atoms with Crippen LogP contribution in [0.15, 0.2) is 39.5 Å². The summed E-state index contributed by atoms with van der Waals surface area (Å²) in [5.41, 5.74) is 1.74. The Balaban J connectivity index is 2.25. The standard InChI is InChI=1S/C12H10O2/c13-12-6-5-9-3-4-10(8-1-2-8)7-11(9)14-12/h3-8H,1-2H2. The van der Waals surface area contributed by atoms with E-state index in [2.05, 4.69) is 6.07 Å². The van der Waals surface area contributed by atoms with Crippen LogP contribution >= 0.6 is 0 Å². The van der Waals surface area contributed by atoms with Gasteiger partial charge in [0.1, 0.15) is 5.58 Å². The van der Waals surface area contributed by atoms with Crippen LogP contribution in [0, 0.1) is 0 Å². The zero-order chi connectivity index (χ0) is 9.54. The first-order valence-electron chi connectivity index (χ1n) is 4.87. The van der Waals surface area contributed by atoms with Crippen LogP contribution in [0.5, 0.6) is 0 Å². The van der Waals surface area contributed by atoms with Gasteiger partial charge >= 0.3 is 5.63 Å². The molecule has 0 N–H and O–H groups in total. The molecule has 1 aliphatic rings. The fraction of sp³-hybridized carbons (Fsp3) is 0.250. The van der Waals surface area contributed by atoms with Crippen molar-refractivity contribution in [3.8, 4) is 0 Å². The molecule has 0 spiro atoms. The summed E-state index contributed by atoms with van der Waals surface area (Å²) in [6.07, 6.45) is 2.53. The minimum Gasteiger partial charge on any atom is -0.423 e. The Hall–Kier alpha value is -1.57. The van der Waals surface area contributed by atoms with Crippen molar-refractivity contribution in [3.63, 3.8) is 0 Å². The molecule has 2 nitrogen and oxygen atoms in total. The predicted octanol–water partition coefficient (Wildman–Crippen LogP) is 2.67. The van der Waals surface area contributed by atoms with Crippen molar-refractivity contribution in [1.29, 1.82) is 0 Å². The van der Waals surface area contributed by atoms with Crippen molar-refractivity contribution in [1.82, 2.24) is 0 Å². The van der Waals surface area contributed by atoms with Gasteiger partial charge in [0.25, 0.3) is 0 Å². The van der Waals surface area contributed by atoms with E-state index in [1.165, 1.54) is 24.5 Å². The van der Waals surface area contributed by atoms with E-state index in [0.29, 0.717) is 11.5 Å². The lowest BCUT2D eigenvalue weighted by atomic mass is 10.1. The molecule has 2 heteroatoms. The van der Waals surface area contributed by atoms with Crippen LogP contribution in [-0.2, 0) is 0 Å². The summed E-state index contributed by atoms with van der Waals surface area (Å²) < 4.78 is 5.12. The SMILES string of the molecule is O=c1ccc2ccc(C3CC3)cc2o1. The topological polar surface area (TPSA) is 30.2 Å².